The minimum absolute atomic E-state index is 0.253. The molecule has 2 N–H and O–H groups in total. The van der Waals surface area contributed by atoms with Gasteiger partial charge in [-0.25, -0.2) is 13.4 Å². The molecule has 0 amide bonds. The lowest BCUT2D eigenvalue weighted by atomic mass is 9.81. The molecule has 1 saturated carbocycles. The van der Waals surface area contributed by atoms with Crippen LogP contribution in [-0.4, -0.2) is 24.2 Å². The third-order valence-electron chi connectivity index (χ3n) is 3.82. The van der Waals surface area contributed by atoms with Gasteiger partial charge in [-0.3, -0.25) is 0 Å². The largest absolute Gasteiger partial charge is 0.369 e. The van der Waals surface area contributed by atoms with Crippen LogP contribution in [0.5, 0.6) is 0 Å². The molecule has 0 atom stereocenters. The van der Waals surface area contributed by atoms with Crippen LogP contribution in [0.15, 0.2) is 23.1 Å². The van der Waals surface area contributed by atoms with E-state index in [9.17, 15) is 8.42 Å². The topological polar surface area (TPSA) is 78.0 Å². The SMILES string of the molecule is CC1CC(n2c(N)nc3c(S(C)(=O)=O)cccc32)C1. The zero-order chi connectivity index (χ0) is 13.8. The van der Waals surface area contributed by atoms with E-state index in [0.717, 1.165) is 18.4 Å². The van der Waals surface area contributed by atoms with Crippen LogP contribution in [0, 0.1) is 5.92 Å². The monoisotopic (exact) mass is 279 g/mol. The molecule has 5 nitrogen and oxygen atoms in total. The van der Waals surface area contributed by atoms with Gasteiger partial charge >= 0.3 is 0 Å². The van der Waals surface area contributed by atoms with Crippen molar-refractivity contribution in [2.75, 3.05) is 12.0 Å². The average molecular weight is 279 g/mol. The normalized spacial score (nSPS) is 23.5. The molecular weight excluding hydrogens is 262 g/mol. The first-order chi connectivity index (χ1) is 8.88. The van der Waals surface area contributed by atoms with Crippen LogP contribution in [0.4, 0.5) is 5.95 Å². The van der Waals surface area contributed by atoms with Crippen LogP contribution in [0.2, 0.25) is 0 Å². The highest BCUT2D eigenvalue weighted by molar-refractivity contribution is 7.91. The fraction of sp³-hybridized carbons (Fsp3) is 0.462. The van der Waals surface area contributed by atoms with Crippen molar-refractivity contribution in [2.45, 2.75) is 30.7 Å². The predicted molar refractivity (Wildman–Crippen MR) is 74.7 cm³/mol. The Morgan fingerprint density at radius 1 is 1.37 bits per heavy atom. The van der Waals surface area contributed by atoms with Crippen LogP contribution in [0.1, 0.15) is 25.8 Å². The summed E-state index contributed by atoms with van der Waals surface area (Å²) in [6.45, 7) is 2.20. The number of benzene rings is 1. The predicted octanol–water partition coefficient (Wildman–Crippen LogP) is 1.99. The Morgan fingerprint density at radius 2 is 2.05 bits per heavy atom. The van der Waals surface area contributed by atoms with Gasteiger partial charge in [0.05, 0.1) is 10.4 Å². The van der Waals surface area contributed by atoms with Crippen LogP contribution < -0.4 is 5.73 Å². The summed E-state index contributed by atoms with van der Waals surface area (Å²) in [4.78, 5) is 4.52. The molecule has 1 fully saturated rings. The zero-order valence-corrected chi connectivity index (χ0v) is 11.8. The van der Waals surface area contributed by atoms with Gasteiger partial charge in [-0.2, -0.15) is 0 Å². The maximum atomic E-state index is 11.8. The molecule has 19 heavy (non-hydrogen) atoms. The second-order valence-electron chi connectivity index (χ2n) is 5.47. The Morgan fingerprint density at radius 3 is 2.63 bits per heavy atom. The van der Waals surface area contributed by atoms with Crippen molar-refractivity contribution in [3.05, 3.63) is 18.2 Å². The molecule has 0 saturated heterocycles. The molecule has 0 spiro atoms. The van der Waals surface area contributed by atoms with Crippen molar-refractivity contribution in [1.82, 2.24) is 9.55 Å². The molecule has 102 valence electrons. The summed E-state index contributed by atoms with van der Waals surface area (Å²) in [6.07, 6.45) is 3.33. The molecule has 1 aliphatic carbocycles. The Bertz CT molecular complexity index is 743. The Hall–Kier alpha value is -1.56. The molecule has 0 radical (unpaired) electrons. The first-order valence-electron chi connectivity index (χ1n) is 6.34. The zero-order valence-electron chi connectivity index (χ0n) is 11.0. The van der Waals surface area contributed by atoms with E-state index in [-0.39, 0.29) is 4.90 Å². The third kappa shape index (κ3) is 1.90. The molecule has 6 heteroatoms. The summed E-state index contributed by atoms with van der Waals surface area (Å²) in [5, 5.41) is 0. The number of anilines is 1. The number of nitrogens with zero attached hydrogens (tertiary/aromatic N) is 2. The van der Waals surface area contributed by atoms with Gasteiger partial charge in [0.1, 0.15) is 5.52 Å². The molecule has 1 aromatic carbocycles. The average Bonchev–Trinajstić information content (AvgIpc) is 2.59. The highest BCUT2D eigenvalue weighted by Gasteiger charge is 2.30. The molecule has 0 aliphatic heterocycles. The fourth-order valence-corrected chi connectivity index (χ4v) is 3.69. The Balaban J connectivity index is 2.23. The van der Waals surface area contributed by atoms with Gasteiger partial charge in [0.25, 0.3) is 0 Å². The Labute approximate surface area is 112 Å². The van der Waals surface area contributed by atoms with Crippen LogP contribution in [-0.2, 0) is 9.84 Å². The van der Waals surface area contributed by atoms with Gasteiger partial charge in [0.2, 0.25) is 5.95 Å². The number of aromatic nitrogens is 2. The van der Waals surface area contributed by atoms with E-state index in [0.29, 0.717) is 23.4 Å². The van der Waals surface area contributed by atoms with Gasteiger partial charge in [0, 0.05) is 12.3 Å². The maximum absolute atomic E-state index is 11.8. The molecular formula is C13H17N3O2S. The second-order valence-corrected chi connectivity index (χ2v) is 7.45. The van der Waals surface area contributed by atoms with Crippen molar-refractivity contribution < 1.29 is 8.42 Å². The van der Waals surface area contributed by atoms with Crippen molar-refractivity contribution in [3.8, 4) is 0 Å². The van der Waals surface area contributed by atoms with Crippen molar-refractivity contribution in [3.63, 3.8) is 0 Å². The van der Waals surface area contributed by atoms with E-state index in [2.05, 4.69) is 11.9 Å². The summed E-state index contributed by atoms with van der Waals surface area (Å²) in [5.41, 5.74) is 7.28. The number of para-hydroxylation sites is 1. The van der Waals surface area contributed by atoms with Crippen molar-refractivity contribution in [1.29, 1.82) is 0 Å². The van der Waals surface area contributed by atoms with Crippen molar-refractivity contribution >= 4 is 26.8 Å². The molecule has 0 unspecified atom stereocenters. The lowest BCUT2D eigenvalue weighted by Crippen LogP contribution is -2.25. The van der Waals surface area contributed by atoms with E-state index < -0.39 is 9.84 Å². The Kier molecular flexibility index (Phi) is 2.60. The highest BCUT2D eigenvalue weighted by atomic mass is 32.2. The van der Waals surface area contributed by atoms with Gasteiger partial charge in [-0.1, -0.05) is 13.0 Å². The summed E-state index contributed by atoms with van der Waals surface area (Å²) in [7, 11) is -3.29. The first-order valence-corrected chi connectivity index (χ1v) is 8.23. The number of rotatable bonds is 2. The quantitative estimate of drug-likeness (QED) is 0.912. The highest BCUT2D eigenvalue weighted by Crippen LogP contribution is 2.41. The van der Waals surface area contributed by atoms with Crippen molar-refractivity contribution in [2.24, 2.45) is 5.92 Å². The number of fused-ring (bicyclic) bond motifs is 1. The van der Waals surface area contributed by atoms with Gasteiger partial charge < -0.3 is 10.3 Å². The molecule has 1 heterocycles. The summed E-state index contributed by atoms with van der Waals surface area (Å²) >= 11 is 0. The third-order valence-corrected chi connectivity index (χ3v) is 4.95. The number of sulfone groups is 1. The molecule has 3 rings (SSSR count). The molecule has 1 aliphatic rings. The van der Waals surface area contributed by atoms with Gasteiger partial charge in [0.15, 0.2) is 9.84 Å². The molecule has 0 bridgehead atoms. The summed E-state index contributed by atoms with van der Waals surface area (Å²) < 4.78 is 25.5. The van der Waals surface area contributed by atoms with E-state index in [1.165, 1.54) is 6.26 Å². The lowest BCUT2D eigenvalue weighted by Gasteiger charge is -2.34. The van der Waals surface area contributed by atoms with E-state index in [1.807, 2.05) is 10.6 Å². The lowest BCUT2D eigenvalue weighted by molar-refractivity contribution is 0.223. The minimum atomic E-state index is -3.29. The second kappa shape index (κ2) is 3.96. The summed E-state index contributed by atoms with van der Waals surface area (Å²) in [5.74, 6) is 1.10. The summed E-state index contributed by atoms with van der Waals surface area (Å²) in [6, 6.07) is 5.56. The van der Waals surface area contributed by atoms with Crippen LogP contribution in [0.3, 0.4) is 0 Å². The van der Waals surface area contributed by atoms with Gasteiger partial charge in [-0.15, -0.1) is 0 Å². The number of hydrogen-bond acceptors (Lipinski definition) is 4. The van der Waals surface area contributed by atoms with E-state index >= 15 is 0 Å². The molecule has 2 aromatic rings. The van der Waals surface area contributed by atoms with E-state index in [1.54, 1.807) is 12.1 Å². The standard InChI is InChI=1S/C13H17N3O2S/c1-8-6-9(7-8)16-10-4-3-5-11(19(2,17)18)12(10)15-13(16)14/h3-5,8-9H,6-7H2,1-2H3,(H2,14,15). The maximum Gasteiger partial charge on any atom is 0.201 e. The number of nitrogen functional groups attached to an aromatic ring is 1. The number of imidazole rings is 1. The smallest absolute Gasteiger partial charge is 0.201 e. The number of hydrogen-bond donors (Lipinski definition) is 1. The molecule has 1 aromatic heterocycles. The van der Waals surface area contributed by atoms with Crippen LogP contribution in [0.25, 0.3) is 11.0 Å². The number of nitrogens with two attached hydrogens (primary N) is 1. The minimum Gasteiger partial charge on any atom is -0.369 e. The van der Waals surface area contributed by atoms with E-state index in [4.69, 9.17) is 5.73 Å². The van der Waals surface area contributed by atoms with Gasteiger partial charge in [-0.05, 0) is 30.9 Å². The van der Waals surface area contributed by atoms with Crippen LogP contribution >= 0.6 is 0 Å². The fourth-order valence-electron chi connectivity index (χ4n) is 2.86. The first kappa shape index (κ1) is 12.5.